The summed E-state index contributed by atoms with van der Waals surface area (Å²) in [6.07, 6.45) is 65.3. The number of phosphoric ester groups is 2. The first-order valence-electron chi connectivity index (χ1n) is 42.2. The molecule has 19 heteroatoms. The number of hydrogen-bond acceptors (Lipinski definition) is 15. The molecule has 594 valence electrons. The van der Waals surface area contributed by atoms with Crippen LogP contribution in [0.1, 0.15) is 433 Å². The van der Waals surface area contributed by atoms with Gasteiger partial charge in [-0.15, -0.1) is 0 Å². The number of rotatable bonds is 81. The lowest BCUT2D eigenvalue weighted by atomic mass is 10.00. The fourth-order valence-electron chi connectivity index (χ4n) is 12.6. The smallest absolute Gasteiger partial charge is 0.462 e. The number of unbranched alkanes of at least 4 members (excludes halogenated alkanes) is 52. The lowest BCUT2D eigenvalue weighted by molar-refractivity contribution is -0.161. The third kappa shape index (κ3) is 73.0. The molecule has 0 rings (SSSR count). The van der Waals surface area contributed by atoms with Crippen LogP contribution in [0.5, 0.6) is 0 Å². The Balaban J connectivity index is 5.23. The quantitative estimate of drug-likeness (QED) is 0.0222. The molecule has 100 heavy (non-hydrogen) atoms. The summed E-state index contributed by atoms with van der Waals surface area (Å²) in [6, 6.07) is 0. The van der Waals surface area contributed by atoms with E-state index < -0.39 is 97.5 Å². The molecule has 0 aromatic heterocycles. The molecule has 0 fully saturated rings. The van der Waals surface area contributed by atoms with Crippen LogP contribution in [-0.2, 0) is 65.4 Å². The van der Waals surface area contributed by atoms with Crippen LogP contribution in [0.2, 0.25) is 0 Å². The number of esters is 4. The standard InChI is InChI=1S/C81H158O17P2/c1-6-10-13-16-19-22-25-28-30-32-33-34-36-38-41-44-47-50-57-62-67-80(85)97-76(70-91-78(83)64-59-54-48-45-42-40-37-35-31-29-26-23-20-17-14-11-7-2)72-95-99(87,88)93-68-75(82)69-94-100(89,90)96-73-77(71-92-79(84)65-60-55-52-51-53-58-63-74(5)9-4)98-81(86)66-61-56-49-46-43-39-27-24-21-18-15-12-8-3/h74-77,82H,6-73H2,1-5H3,(H,87,88)(H,89,90)/t74?,75-,76-,77-/m1/s1. The Morgan fingerprint density at radius 2 is 0.480 bits per heavy atom. The van der Waals surface area contributed by atoms with Gasteiger partial charge in [-0.05, 0) is 31.6 Å². The predicted octanol–water partition coefficient (Wildman–Crippen LogP) is 24.4. The Morgan fingerprint density at radius 1 is 0.280 bits per heavy atom. The number of ether oxygens (including phenoxy) is 4. The predicted molar refractivity (Wildman–Crippen MR) is 409 cm³/mol. The molecule has 0 saturated carbocycles. The van der Waals surface area contributed by atoms with Crippen molar-refractivity contribution in [2.45, 2.75) is 451 Å². The Morgan fingerprint density at radius 3 is 0.710 bits per heavy atom. The van der Waals surface area contributed by atoms with E-state index in [1.807, 2.05) is 0 Å². The van der Waals surface area contributed by atoms with Gasteiger partial charge in [-0.3, -0.25) is 37.3 Å². The Bertz CT molecular complexity index is 1910. The highest BCUT2D eigenvalue weighted by Crippen LogP contribution is 2.45. The third-order valence-electron chi connectivity index (χ3n) is 19.4. The van der Waals surface area contributed by atoms with Crippen molar-refractivity contribution in [3.8, 4) is 0 Å². The van der Waals surface area contributed by atoms with Crippen molar-refractivity contribution >= 4 is 39.5 Å². The van der Waals surface area contributed by atoms with Crippen molar-refractivity contribution in [3.05, 3.63) is 0 Å². The maximum absolute atomic E-state index is 13.1. The first-order chi connectivity index (χ1) is 48.6. The van der Waals surface area contributed by atoms with Crippen molar-refractivity contribution in [2.75, 3.05) is 39.6 Å². The molecule has 0 aliphatic rings. The minimum Gasteiger partial charge on any atom is -0.462 e. The van der Waals surface area contributed by atoms with Crippen molar-refractivity contribution in [3.63, 3.8) is 0 Å². The Kier molecular flexibility index (Phi) is 72.5. The summed E-state index contributed by atoms with van der Waals surface area (Å²) in [4.78, 5) is 73.0. The maximum atomic E-state index is 13.1. The first-order valence-corrected chi connectivity index (χ1v) is 45.2. The average molecular weight is 1470 g/mol. The number of aliphatic hydroxyl groups is 1. The van der Waals surface area contributed by atoms with Crippen LogP contribution in [-0.4, -0.2) is 96.7 Å². The Hall–Kier alpha value is -1.94. The molecule has 0 radical (unpaired) electrons. The number of hydrogen-bond donors (Lipinski definition) is 3. The van der Waals surface area contributed by atoms with Gasteiger partial charge in [-0.25, -0.2) is 9.13 Å². The fourth-order valence-corrected chi connectivity index (χ4v) is 14.1. The average Bonchev–Trinajstić information content (AvgIpc) is 0.952. The highest BCUT2D eigenvalue weighted by molar-refractivity contribution is 7.47. The molecule has 0 aromatic rings. The van der Waals surface area contributed by atoms with E-state index >= 15 is 0 Å². The second-order valence-electron chi connectivity index (χ2n) is 29.4. The molecule has 0 bridgehead atoms. The van der Waals surface area contributed by atoms with Gasteiger partial charge < -0.3 is 33.8 Å². The second kappa shape index (κ2) is 73.9. The van der Waals surface area contributed by atoms with E-state index in [-0.39, 0.29) is 25.7 Å². The van der Waals surface area contributed by atoms with Crippen LogP contribution in [0.15, 0.2) is 0 Å². The van der Waals surface area contributed by atoms with Gasteiger partial charge in [0, 0.05) is 25.7 Å². The van der Waals surface area contributed by atoms with Crippen molar-refractivity contribution < 1.29 is 80.2 Å². The zero-order valence-corrected chi connectivity index (χ0v) is 67.1. The van der Waals surface area contributed by atoms with Crippen molar-refractivity contribution in [1.82, 2.24) is 0 Å². The van der Waals surface area contributed by atoms with Gasteiger partial charge in [0.05, 0.1) is 26.4 Å². The van der Waals surface area contributed by atoms with Crippen LogP contribution in [0.25, 0.3) is 0 Å². The number of aliphatic hydroxyl groups excluding tert-OH is 1. The van der Waals surface area contributed by atoms with Gasteiger partial charge in [0.1, 0.15) is 19.3 Å². The highest BCUT2D eigenvalue weighted by Gasteiger charge is 2.30. The van der Waals surface area contributed by atoms with Gasteiger partial charge >= 0.3 is 39.5 Å². The van der Waals surface area contributed by atoms with Gasteiger partial charge in [-0.1, -0.05) is 381 Å². The van der Waals surface area contributed by atoms with E-state index in [0.717, 1.165) is 102 Å². The van der Waals surface area contributed by atoms with Gasteiger partial charge in [0.25, 0.3) is 0 Å². The van der Waals surface area contributed by atoms with Crippen LogP contribution in [0, 0.1) is 5.92 Å². The normalized spacial score (nSPS) is 14.1. The lowest BCUT2D eigenvalue weighted by Gasteiger charge is -2.21. The molecule has 0 aromatic carbocycles. The van der Waals surface area contributed by atoms with Gasteiger partial charge in [-0.2, -0.15) is 0 Å². The molecular formula is C81H158O17P2. The minimum absolute atomic E-state index is 0.107. The molecule has 0 aliphatic heterocycles. The first kappa shape index (κ1) is 98.1. The van der Waals surface area contributed by atoms with Crippen molar-refractivity contribution in [2.24, 2.45) is 5.92 Å². The van der Waals surface area contributed by atoms with Crippen molar-refractivity contribution in [1.29, 1.82) is 0 Å². The van der Waals surface area contributed by atoms with Crippen LogP contribution < -0.4 is 0 Å². The molecule has 0 saturated heterocycles. The molecule has 0 aliphatic carbocycles. The molecule has 0 amide bonds. The van der Waals surface area contributed by atoms with Gasteiger partial charge in [0.15, 0.2) is 12.2 Å². The SMILES string of the molecule is CCCCCCCCCCCCCCCCCCCCCCC(=O)O[C@H](COC(=O)CCCCCCCCCCCCCCCCCCC)COP(=O)(O)OC[C@@H](O)COP(=O)(O)OC[C@@H](COC(=O)CCCCCCCCC(C)CC)OC(=O)CCCCCCCCCCCCCCC. The van der Waals surface area contributed by atoms with E-state index in [2.05, 4.69) is 34.6 Å². The summed E-state index contributed by atoms with van der Waals surface area (Å²) in [5.41, 5.74) is 0. The van der Waals surface area contributed by atoms with E-state index in [1.165, 1.54) is 250 Å². The summed E-state index contributed by atoms with van der Waals surface area (Å²) >= 11 is 0. The second-order valence-corrected chi connectivity index (χ2v) is 32.3. The summed E-state index contributed by atoms with van der Waals surface area (Å²) in [7, 11) is -9.92. The molecule has 6 atom stereocenters. The molecular weight excluding hydrogens is 1310 g/mol. The van der Waals surface area contributed by atoms with E-state index in [0.29, 0.717) is 25.7 Å². The molecule has 3 N–H and O–H groups in total. The number of phosphoric acid groups is 2. The molecule has 17 nitrogen and oxygen atoms in total. The largest absolute Gasteiger partial charge is 0.472 e. The lowest BCUT2D eigenvalue weighted by Crippen LogP contribution is -2.30. The summed E-state index contributed by atoms with van der Waals surface area (Å²) < 4.78 is 68.7. The molecule has 3 unspecified atom stereocenters. The van der Waals surface area contributed by atoms with Crippen LogP contribution >= 0.6 is 15.6 Å². The zero-order chi connectivity index (χ0) is 73.4. The maximum Gasteiger partial charge on any atom is 0.472 e. The van der Waals surface area contributed by atoms with Gasteiger partial charge in [0.2, 0.25) is 0 Å². The topological polar surface area (TPSA) is 237 Å². The number of carbonyl (C=O) groups excluding carboxylic acids is 4. The monoisotopic (exact) mass is 1470 g/mol. The minimum atomic E-state index is -4.96. The third-order valence-corrected chi connectivity index (χ3v) is 21.3. The van der Waals surface area contributed by atoms with E-state index in [1.54, 1.807) is 0 Å². The molecule has 0 spiro atoms. The summed E-state index contributed by atoms with van der Waals surface area (Å²) in [5, 5.41) is 10.6. The fraction of sp³-hybridized carbons (Fsp3) is 0.951. The Labute approximate surface area is 613 Å². The van der Waals surface area contributed by atoms with Crippen LogP contribution in [0.4, 0.5) is 0 Å². The van der Waals surface area contributed by atoms with E-state index in [9.17, 15) is 43.2 Å². The summed E-state index contributed by atoms with van der Waals surface area (Å²) in [5.74, 6) is -1.38. The number of carbonyl (C=O) groups is 4. The highest BCUT2D eigenvalue weighted by atomic mass is 31.2. The van der Waals surface area contributed by atoms with E-state index in [4.69, 9.17) is 37.0 Å². The van der Waals surface area contributed by atoms with Crippen LogP contribution in [0.3, 0.4) is 0 Å². The zero-order valence-electron chi connectivity index (χ0n) is 65.3. The molecule has 0 heterocycles. The summed E-state index contributed by atoms with van der Waals surface area (Å²) in [6.45, 7) is 7.29.